The maximum atomic E-state index is 11.1. The summed E-state index contributed by atoms with van der Waals surface area (Å²) in [5.74, 6) is 0. The van der Waals surface area contributed by atoms with Gasteiger partial charge in [0.2, 0.25) is 10.0 Å². The van der Waals surface area contributed by atoms with Gasteiger partial charge >= 0.3 is 0 Å². The molecule has 0 spiro atoms. The van der Waals surface area contributed by atoms with Crippen LogP contribution in [0.1, 0.15) is 19.3 Å². The van der Waals surface area contributed by atoms with E-state index in [4.69, 9.17) is 5.14 Å². The Balaban J connectivity index is 1.72. The van der Waals surface area contributed by atoms with Crippen molar-refractivity contribution in [3.63, 3.8) is 0 Å². The predicted molar refractivity (Wildman–Crippen MR) is 71.9 cm³/mol. The van der Waals surface area contributed by atoms with Gasteiger partial charge in [-0.25, -0.2) is 13.6 Å². The summed E-state index contributed by atoms with van der Waals surface area (Å²) in [6.07, 6.45) is 3.67. The lowest BCUT2D eigenvalue weighted by Crippen LogP contribution is -2.19. The van der Waals surface area contributed by atoms with E-state index in [1.54, 1.807) is 12.1 Å². The number of anilines is 1. The molecule has 0 saturated heterocycles. The SMILES string of the molecule is NS(=O)(=O)c1ccc(NCCCNC2CC2)cc1. The molecular formula is C12H19N3O2S. The minimum absolute atomic E-state index is 0.142. The molecule has 1 aliphatic rings. The molecule has 1 aliphatic carbocycles. The summed E-state index contributed by atoms with van der Waals surface area (Å²) in [5, 5.41) is 11.7. The van der Waals surface area contributed by atoms with Crippen molar-refractivity contribution >= 4 is 15.7 Å². The zero-order chi connectivity index (χ0) is 13.0. The van der Waals surface area contributed by atoms with Gasteiger partial charge in [-0.1, -0.05) is 0 Å². The summed E-state index contributed by atoms with van der Waals surface area (Å²) in [7, 11) is -3.59. The van der Waals surface area contributed by atoms with Crippen LogP contribution in [0.5, 0.6) is 0 Å². The average Bonchev–Trinajstić information content (AvgIpc) is 3.12. The number of rotatable bonds is 7. The molecule has 0 radical (unpaired) electrons. The highest BCUT2D eigenvalue weighted by atomic mass is 32.2. The Hall–Kier alpha value is -1.11. The molecule has 0 amide bonds. The molecule has 5 nitrogen and oxygen atoms in total. The maximum absolute atomic E-state index is 11.1. The van der Waals surface area contributed by atoms with Crippen LogP contribution in [-0.2, 0) is 10.0 Å². The highest BCUT2D eigenvalue weighted by Crippen LogP contribution is 2.18. The molecule has 1 fully saturated rings. The van der Waals surface area contributed by atoms with E-state index in [1.165, 1.54) is 25.0 Å². The minimum Gasteiger partial charge on any atom is -0.385 e. The van der Waals surface area contributed by atoms with Crippen LogP contribution < -0.4 is 15.8 Å². The van der Waals surface area contributed by atoms with Crippen molar-refractivity contribution in [1.82, 2.24) is 5.32 Å². The van der Waals surface area contributed by atoms with Gasteiger partial charge in [0, 0.05) is 18.3 Å². The quantitative estimate of drug-likeness (QED) is 0.642. The summed E-state index contributed by atoms with van der Waals surface area (Å²) in [5.41, 5.74) is 0.911. The summed E-state index contributed by atoms with van der Waals surface area (Å²) in [6.45, 7) is 1.89. The number of benzene rings is 1. The third-order valence-corrected chi connectivity index (χ3v) is 3.81. The van der Waals surface area contributed by atoms with Crippen LogP contribution in [0.4, 0.5) is 5.69 Å². The first kappa shape index (κ1) is 13.3. The summed E-state index contributed by atoms with van der Waals surface area (Å²) in [6, 6.07) is 7.24. The zero-order valence-corrected chi connectivity index (χ0v) is 11.0. The molecule has 1 aromatic carbocycles. The molecule has 100 valence electrons. The zero-order valence-electron chi connectivity index (χ0n) is 10.2. The van der Waals surface area contributed by atoms with Gasteiger partial charge < -0.3 is 10.6 Å². The van der Waals surface area contributed by atoms with Gasteiger partial charge in [0.25, 0.3) is 0 Å². The summed E-state index contributed by atoms with van der Waals surface area (Å²) in [4.78, 5) is 0.142. The van der Waals surface area contributed by atoms with E-state index in [1.807, 2.05) is 0 Å². The Morgan fingerprint density at radius 1 is 1.17 bits per heavy atom. The largest absolute Gasteiger partial charge is 0.385 e. The number of sulfonamides is 1. The number of nitrogens with two attached hydrogens (primary N) is 1. The average molecular weight is 269 g/mol. The topological polar surface area (TPSA) is 84.2 Å². The first-order valence-corrected chi connectivity index (χ1v) is 7.70. The van der Waals surface area contributed by atoms with Crippen LogP contribution in [-0.4, -0.2) is 27.5 Å². The highest BCUT2D eigenvalue weighted by molar-refractivity contribution is 7.89. The van der Waals surface area contributed by atoms with Crippen molar-refractivity contribution < 1.29 is 8.42 Å². The number of primary sulfonamides is 1. The van der Waals surface area contributed by atoms with Crippen LogP contribution in [0.15, 0.2) is 29.2 Å². The first-order valence-electron chi connectivity index (χ1n) is 6.16. The normalized spacial score (nSPS) is 15.6. The molecule has 0 unspecified atom stereocenters. The summed E-state index contributed by atoms with van der Waals surface area (Å²) >= 11 is 0. The van der Waals surface area contributed by atoms with Gasteiger partial charge in [-0.2, -0.15) is 0 Å². The number of nitrogens with one attached hydrogen (secondary N) is 2. The second-order valence-electron chi connectivity index (χ2n) is 4.58. The molecule has 0 heterocycles. The van der Waals surface area contributed by atoms with Crippen molar-refractivity contribution in [2.75, 3.05) is 18.4 Å². The van der Waals surface area contributed by atoms with E-state index in [9.17, 15) is 8.42 Å². The van der Waals surface area contributed by atoms with Crippen LogP contribution in [0.2, 0.25) is 0 Å². The molecule has 0 aromatic heterocycles. The Labute approximate surface area is 108 Å². The molecule has 2 rings (SSSR count). The monoisotopic (exact) mass is 269 g/mol. The fourth-order valence-electron chi connectivity index (χ4n) is 1.68. The molecule has 6 heteroatoms. The van der Waals surface area contributed by atoms with Gasteiger partial charge in [0.1, 0.15) is 0 Å². The van der Waals surface area contributed by atoms with Crippen LogP contribution in [0.25, 0.3) is 0 Å². The fourth-order valence-corrected chi connectivity index (χ4v) is 2.19. The number of hydrogen-bond donors (Lipinski definition) is 3. The second kappa shape index (κ2) is 5.69. The second-order valence-corrected chi connectivity index (χ2v) is 6.14. The first-order chi connectivity index (χ1) is 8.55. The highest BCUT2D eigenvalue weighted by Gasteiger charge is 2.19. The Bertz CT molecular complexity index is 481. The lowest BCUT2D eigenvalue weighted by Gasteiger charge is -2.07. The standard InChI is InChI=1S/C12H19N3O2S/c13-18(16,17)12-6-4-11(5-7-12)15-9-1-8-14-10-2-3-10/h4-7,10,14-15H,1-3,8-9H2,(H2,13,16,17). The minimum atomic E-state index is -3.59. The maximum Gasteiger partial charge on any atom is 0.238 e. The van der Waals surface area contributed by atoms with Crippen LogP contribution in [0, 0.1) is 0 Å². The van der Waals surface area contributed by atoms with E-state index in [-0.39, 0.29) is 4.90 Å². The lowest BCUT2D eigenvalue weighted by molar-refractivity contribution is 0.598. The van der Waals surface area contributed by atoms with Crippen molar-refractivity contribution in [3.05, 3.63) is 24.3 Å². The molecule has 1 saturated carbocycles. The van der Waals surface area contributed by atoms with E-state index in [2.05, 4.69) is 10.6 Å². The van der Waals surface area contributed by atoms with Gasteiger partial charge in [-0.15, -0.1) is 0 Å². The number of hydrogen-bond acceptors (Lipinski definition) is 4. The van der Waals surface area contributed by atoms with Crippen molar-refractivity contribution in [2.45, 2.75) is 30.2 Å². The van der Waals surface area contributed by atoms with E-state index >= 15 is 0 Å². The molecule has 0 bridgehead atoms. The molecule has 0 aliphatic heterocycles. The third-order valence-electron chi connectivity index (χ3n) is 2.88. The molecule has 18 heavy (non-hydrogen) atoms. The van der Waals surface area contributed by atoms with E-state index in [0.717, 1.165) is 31.2 Å². The molecule has 1 aromatic rings. The third kappa shape index (κ3) is 4.29. The van der Waals surface area contributed by atoms with E-state index in [0.29, 0.717) is 0 Å². The van der Waals surface area contributed by atoms with Crippen molar-refractivity contribution in [3.8, 4) is 0 Å². The Kier molecular flexibility index (Phi) is 4.21. The van der Waals surface area contributed by atoms with Gasteiger partial charge in [0.15, 0.2) is 0 Å². The predicted octanol–water partition coefficient (Wildman–Crippen LogP) is 0.888. The van der Waals surface area contributed by atoms with Crippen LogP contribution in [0.3, 0.4) is 0 Å². The van der Waals surface area contributed by atoms with Crippen molar-refractivity contribution in [1.29, 1.82) is 0 Å². The van der Waals surface area contributed by atoms with Crippen molar-refractivity contribution in [2.24, 2.45) is 5.14 Å². The van der Waals surface area contributed by atoms with Gasteiger partial charge in [-0.3, -0.25) is 0 Å². The van der Waals surface area contributed by atoms with E-state index < -0.39 is 10.0 Å². The summed E-state index contributed by atoms with van der Waals surface area (Å²) < 4.78 is 22.1. The van der Waals surface area contributed by atoms with Gasteiger partial charge in [-0.05, 0) is 50.1 Å². The molecular weight excluding hydrogens is 250 g/mol. The smallest absolute Gasteiger partial charge is 0.238 e. The van der Waals surface area contributed by atoms with Crippen LogP contribution >= 0.6 is 0 Å². The van der Waals surface area contributed by atoms with Gasteiger partial charge in [0.05, 0.1) is 4.90 Å². The Morgan fingerprint density at radius 2 is 1.83 bits per heavy atom. The molecule has 0 atom stereocenters. The Morgan fingerprint density at radius 3 is 2.39 bits per heavy atom. The molecule has 4 N–H and O–H groups in total. The fraction of sp³-hybridized carbons (Fsp3) is 0.500. The lowest BCUT2D eigenvalue weighted by atomic mass is 10.3.